The van der Waals surface area contributed by atoms with Crippen molar-refractivity contribution in [1.29, 1.82) is 0 Å². The molecule has 0 radical (unpaired) electrons. The number of carbonyl (C=O) groups is 1. The molecule has 1 aliphatic heterocycles. The second-order valence-corrected chi connectivity index (χ2v) is 6.05. The van der Waals surface area contributed by atoms with Gasteiger partial charge in [-0.25, -0.2) is 15.0 Å². The molecular formula is C19H17N5O3. The number of hydroxylamine groups is 2. The number of benzene rings is 2. The minimum absolute atomic E-state index is 0.0324. The SMILES string of the molecule is O=C1NC(N(O)[C@H](CO)c2ccccc2)=N/C1=C\c1ccc2[nH]cnc2c1. The Bertz CT molecular complexity index is 1040. The minimum Gasteiger partial charge on any atom is -0.394 e. The van der Waals surface area contributed by atoms with Crippen LogP contribution in [0.1, 0.15) is 17.2 Å². The number of nitrogens with zero attached hydrogens (tertiary/aromatic N) is 3. The van der Waals surface area contributed by atoms with Gasteiger partial charge in [-0.15, -0.1) is 0 Å². The highest BCUT2D eigenvalue weighted by atomic mass is 16.5. The molecule has 1 aromatic heterocycles. The van der Waals surface area contributed by atoms with Gasteiger partial charge in [0.1, 0.15) is 11.7 Å². The number of imidazole rings is 1. The second kappa shape index (κ2) is 7.02. The standard InChI is InChI=1S/C19H17N5O3/c25-10-17(13-4-2-1-3-5-13)24(27)19-22-16(18(26)23-19)9-12-6-7-14-15(8-12)21-11-20-14/h1-9,11,17,25,27H,10H2,(H,20,21)(H,22,23,26)/b16-9-/t17-/m1/s1. The molecule has 0 saturated heterocycles. The number of carbonyl (C=O) groups excluding carboxylic acids is 1. The van der Waals surface area contributed by atoms with Crippen molar-refractivity contribution in [2.45, 2.75) is 6.04 Å². The van der Waals surface area contributed by atoms with Crippen LogP contribution in [0.25, 0.3) is 17.1 Å². The Labute approximate surface area is 154 Å². The summed E-state index contributed by atoms with van der Waals surface area (Å²) >= 11 is 0. The Morgan fingerprint density at radius 1 is 1.19 bits per heavy atom. The van der Waals surface area contributed by atoms with E-state index in [0.29, 0.717) is 5.56 Å². The van der Waals surface area contributed by atoms with Gasteiger partial charge in [-0.3, -0.25) is 15.3 Å². The highest BCUT2D eigenvalue weighted by Crippen LogP contribution is 2.22. The molecule has 8 nitrogen and oxygen atoms in total. The molecule has 0 aliphatic carbocycles. The van der Waals surface area contributed by atoms with E-state index in [1.54, 1.807) is 36.7 Å². The average molecular weight is 363 g/mol. The number of aliphatic imine (C=N–C) groups is 1. The fourth-order valence-electron chi connectivity index (χ4n) is 2.91. The number of aromatic nitrogens is 2. The van der Waals surface area contributed by atoms with Crippen molar-refractivity contribution in [3.63, 3.8) is 0 Å². The number of H-pyrrole nitrogens is 1. The van der Waals surface area contributed by atoms with Crippen LogP contribution in [0.5, 0.6) is 0 Å². The zero-order valence-electron chi connectivity index (χ0n) is 14.2. The van der Waals surface area contributed by atoms with E-state index < -0.39 is 11.9 Å². The molecule has 0 unspecified atom stereocenters. The molecule has 4 N–H and O–H groups in total. The molecule has 0 fully saturated rings. The van der Waals surface area contributed by atoms with E-state index in [0.717, 1.165) is 21.7 Å². The summed E-state index contributed by atoms with van der Waals surface area (Å²) < 4.78 is 0. The summed E-state index contributed by atoms with van der Waals surface area (Å²) in [5.74, 6) is -0.467. The van der Waals surface area contributed by atoms with Crippen molar-refractivity contribution < 1.29 is 15.1 Å². The third kappa shape index (κ3) is 3.31. The zero-order valence-corrected chi connectivity index (χ0v) is 14.2. The summed E-state index contributed by atoms with van der Waals surface area (Å²) in [6, 6.07) is 13.8. The lowest BCUT2D eigenvalue weighted by Gasteiger charge is -2.25. The van der Waals surface area contributed by atoms with Crippen molar-refractivity contribution in [2.75, 3.05) is 6.61 Å². The minimum atomic E-state index is -0.745. The number of hydrogen-bond acceptors (Lipinski definition) is 6. The van der Waals surface area contributed by atoms with E-state index in [9.17, 15) is 15.1 Å². The Kier molecular flexibility index (Phi) is 4.41. The summed E-state index contributed by atoms with van der Waals surface area (Å²) in [4.78, 5) is 23.6. The van der Waals surface area contributed by atoms with Crippen LogP contribution in [0.15, 0.2) is 65.5 Å². The molecule has 1 aliphatic rings. The van der Waals surface area contributed by atoms with Crippen LogP contribution in [0.2, 0.25) is 0 Å². The number of rotatable bonds is 4. The van der Waals surface area contributed by atoms with E-state index in [2.05, 4.69) is 20.3 Å². The number of amides is 1. The van der Waals surface area contributed by atoms with Crippen LogP contribution in [0.4, 0.5) is 0 Å². The van der Waals surface area contributed by atoms with Gasteiger partial charge in [-0.1, -0.05) is 36.4 Å². The van der Waals surface area contributed by atoms with Crippen LogP contribution >= 0.6 is 0 Å². The quantitative estimate of drug-likeness (QED) is 0.417. The predicted octanol–water partition coefficient (Wildman–Crippen LogP) is 1.81. The summed E-state index contributed by atoms with van der Waals surface area (Å²) in [5, 5.41) is 23.4. The lowest BCUT2D eigenvalue weighted by molar-refractivity contribution is -0.116. The maximum Gasteiger partial charge on any atom is 0.276 e. The number of guanidine groups is 1. The van der Waals surface area contributed by atoms with Crippen molar-refractivity contribution in [3.8, 4) is 0 Å². The average Bonchev–Trinajstić information content (AvgIpc) is 3.29. The third-order valence-corrected chi connectivity index (χ3v) is 4.30. The highest BCUT2D eigenvalue weighted by Gasteiger charge is 2.29. The first-order valence-corrected chi connectivity index (χ1v) is 8.34. The van der Waals surface area contributed by atoms with Gasteiger partial charge in [0.05, 0.1) is 24.0 Å². The topological polar surface area (TPSA) is 114 Å². The van der Waals surface area contributed by atoms with Crippen LogP contribution in [-0.4, -0.2) is 43.8 Å². The summed E-state index contributed by atoms with van der Waals surface area (Å²) in [6.07, 6.45) is 3.21. The molecule has 0 bridgehead atoms. The zero-order chi connectivity index (χ0) is 18.8. The largest absolute Gasteiger partial charge is 0.394 e. The summed E-state index contributed by atoms with van der Waals surface area (Å²) in [6.45, 7) is -0.343. The fraction of sp³-hybridized carbons (Fsp3) is 0.105. The van der Waals surface area contributed by atoms with E-state index in [1.165, 1.54) is 0 Å². The monoisotopic (exact) mass is 363 g/mol. The molecule has 0 spiro atoms. The molecule has 2 heterocycles. The number of aliphatic hydroxyl groups excluding tert-OH is 1. The third-order valence-electron chi connectivity index (χ3n) is 4.30. The molecule has 0 saturated carbocycles. The van der Waals surface area contributed by atoms with Gasteiger partial charge in [-0.2, -0.15) is 0 Å². The molecular weight excluding hydrogens is 346 g/mol. The Hall–Kier alpha value is -3.49. The maximum absolute atomic E-state index is 12.2. The molecule has 2 aromatic carbocycles. The molecule has 3 aromatic rings. The first-order chi connectivity index (χ1) is 13.2. The van der Waals surface area contributed by atoms with Gasteiger partial charge in [-0.05, 0) is 29.3 Å². The lowest BCUT2D eigenvalue weighted by Crippen LogP contribution is -2.41. The van der Waals surface area contributed by atoms with E-state index in [-0.39, 0.29) is 18.3 Å². The summed E-state index contributed by atoms with van der Waals surface area (Å²) in [7, 11) is 0. The van der Waals surface area contributed by atoms with Crippen molar-refractivity contribution in [1.82, 2.24) is 20.3 Å². The first-order valence-electron chi connectivity index (χ1n) is 8.34. The van der Waals surface area contributed by atoms with Crippen LogP contribution < -0.4 is 5.32 Å². The van der Waals surface area contributed by atoms with Crippen LogP contribution in [-0.2, 0) is 4.79 Å². The summed E-state index contributed by atoms with van der Waals surface area (Å²) in [5.41, 5.74) is 3.29. The lowest BCUT2D eigenvalue weighted by atomic mass is 10.1. The highest BCUT2D eigenvalue weighted by molar-refractivity contribution is 6.13. The molecule has 1 amide bonds. The van der Waals surface area contributed by atoms with Crippen molar-refractivity contribution in [3.05, 3.63) is 71.7 Å². The molecule has 136 valence electrons. The van der Waals surface area contributed by atoms with Gasteiger partial charge in [0.2, 0.25) is 5.96 Å². The molecule has 4 rings (SSSR count). The van der Waals surface area contributed by atoms with Crippen molar-refractivity contribution >= 4 is 29.0 Å². The van der Waals surface area contributed by atoms with Gasteiger partial charge in [0.25, 0.3) is 5.91 Å². The normalized spacial score (nSPS) is 16.4. The number of aliphatic hydroxyl groups is 1. The van der Waals surface area contributed by atoms with E-state index in [1.807, 2.05) is 24.3 Å². The number of hydrogen-bond donors (Lipinski definition) is 4. The predicted molar refractivity (Wildman–Crippen MR) is 99.5 cm³/mol. The maximum atomic E-state index is 12.2. The van der Waals surface area contributed by atoms with Crippen LogP contribution in [0, 0.1) is 0 Å². The Morgan fingerprint density at radius 3 is 2.78 bits per heavy atom. The molecule has 8 heteroatoms. The number of nitrogens with one attached hydrogen (secondary N) is 2. The van der Waals surface area contributed by atoms with Gasteiger partial charge in [0, 0.05) is 0 Å². The number of fused-ring (bicyclic) bond motifs is 1. The van der Waals surface area contributed by atoms with E-state index >= 15 is 0 Å². The molecule has 1 atom stereocenters. The first kappa shape index (κ1) is 17.0. The molecule has 27 heavy (non-hydrogen) atoms. The Morgan fingerprint density at radius 2 is 2.00 bits per heavy atom. The van der Waals surface area contributed by atoms with Crippen LogP contribution in [0.3, 0.4) is 0 Å². The van der Waals surface area contributed by atoms with E-state index in [4.69, 9.17) is 0 Å². The van der Waals surface area contributed by atoms with Gasteiger partial charge in [0.15, 0.2) is 0 Å². The fourth-order valence-corrected chi connectivity index (χ4v) is 2.91. The number of aromatic amines is 1. The van der Waals surface area contributed by atoms with Crippen molar-refractivity contribution in [2.24, 2.45) is 4.99 Å². The van der Waals surface area contributed by atoms with Gasteiger partial charge < -0.3 is 10.1 Å². The van der Waals surface area contributed by atoms with Gasteiger partial charge >= 0.3 is 0 Å². The second-order valence-electron chi connectivity index (χ2n) is 6.05. The smallest absolute Gasteiger partial charge is 0.276 e. The Balaban J connectivity index is 1.61.